The third-order valence-electron chi connectivity index (χ3n) is 1.38. The summed E-state index contributed by atoms with van der Waals surface area (Å²) in [6.07, 6.45) is 3.21. The predicted octanol–water partition coefficient (Wildman–Crippen LogP) is 1.57. The van der Waals surface area contributed by atoms with Crippen molar-refractivity contribution < 1.29 is 9.84 Å². The summed E-state index contributed by atoms with van der Waals surface area (Å²) in [5.41, 5.74) is 0. The lowest BCUT2D eigenvalue weighted by Crippen LogP contribution is -2.09. The van der Waals surface area contributed by atoms with Crippen LogP contribution in [0.3, 0.4) is 0 Å². The number of ether oxygens (including phenoxy) is 1. The summed E-state index contributed by atoms with van der Waals surface area (Å²) in [6, 6.07) is 0. The molecule has 0 heterocycles. The molecule has 0 aliphatic carbocycles. The molecule has 0 rings (SSSR count). The largest absolute Gasteiger partial charge is 0.396 e. The van der Waals surface area contributed by atoms with E-state index in [1.165, 1.54) is 0 Å². The maximum absolute atomic E-state index is 8.49. The summed E-state index contributed by atoms with van der Waals surface area (Å²) < 4.78 is 5.38. The molecule has 0 amide bonds. The lowest BCUT2D eigenvalue weighted by Gasteiger charge is -2.10. The minimum absolute atomic E-state index is 0.278. The van der Waals surface area contributed by atoms with E-state index < -0.39 is 0 Å². The number of rotatable bonds is 6. The maximum Gasteiger partial charge on any atom is 0.0547 e. The Labute approximate surface area is 63.2 Å². The van der Waals surface area contributed by atoms with Gasteiger partial charge in [-0.2, -0.15) is 0 Å². The average Bonchev–Trinajstić information content (AvgIpc) is 1.97. The molecule has 1 atom stereocenters. The topological polar surface area (TPSA) is 29.5 Å². The molecule has 0 fully saturated rings. The Bertz CT molecular complexity index is 56.3. The van der Waals surface area contributed by atoms with Crippen LogP contribution in [0.15, 0.2) is 0 Å². The van der Waals surface area contributed by atoms with E-state index in [1.807, 2.05) is 6.92 Å². The Morgan fingerprint density at radius 2 is 2.20 bits per heavy atom. The van der Waals surface area contributed by atoms with Crippen molar-refractivity contribution in [1.82, 2.24) is 0 Å². The van der Waals surface area contributed by atoms with Crippen molar-refractivity contribution in [3.8, 4) is 0 Å². The minimum atomic E-state index is 0.278. The fraction of sp³-hybridized carbons (Fsp3) is 1.00. The van der Waals surface area contributed by atoms with Crippen LogP contribution < -0.4 is 0 Å². The molecular weight excluding hydrogens is 128 g/mol. The first kappa shape index (κ1) is 9.92. The van der Waals surface area contributed by atoms with Crippen LogP contribution in [0.4, 0.5) is 0 Å². The second kappa shape index (κ2) is 7.03. The summed E-state index contributed by atoms with van der Waals surface area (Å²) in [6.45, 7) is 5.26. The number of aliphatic hydroxyl groups is 1. The summed E-state index contributed by atoms with van der Waals surface area (Å²) in [5, 5.41) is 8.49. The van der Waals surface area contributed by atoms with Crippen molar-refractivity contribution in [2.24, 2.45) is 0 Å². The monoisotopic (exact) mass is 146 g/mol. The quantitative estimate of drug-likeness (QED) is 0.616. The normalized spacial score (nSPS) is 13.5. The summed E-state index contributed by atoms with van der Waals surface area (Å²) in [4.78, 5) is 0. The maximum atomic E-state index is 8.49. The fourth-order valence-electron chi connectivity index (χ4n) is 0.781. The van der Waals surface area contributed by atoms with Crippen LogP contribution >= 0.6 is 0 Å². The molecule has 0 spiro atoms. The molecule has 0 aliphatic heterocycles. The molecule has 62 valence electrons. The SMILES string of the molecule is CCCOC(C)CCCO. The van der Waals surface area contributed by atoms with Crippen LogP contribution in [0.2, 0.25) is 0 Å². The molecule has 0 bridgehead atoms. The van der Waals surface area contributed by atoms with Gasteiger partial charge in [0.1, 0.15) is 0 Å². The highest BCUT2D eigenvalue weighted by Gasteiger charge is 1.98. The van der Waals surface area contributed by atoms with Gasteiger partial charge in [-0.25, -0.2) is 0 Å². The van der Waals surface area contributed by atoms with Crippen LogP contribution in [0.5, 0.6) is 0 Å². The minimum Gasteiger partial charge on any atom is -0.396 e. The molecule has 1 unspecified atom stereocenters. The first-order valence-electron chi connectivity index (χ1n) is 4.03. The van der Waals surface area contributed by atoms with Crippen molar-refractivity contribution in [2.75, 3.05) is 13.2 Å². The van der Waals surface area contributed by atoms with Crippen LogP contribution in [0.1, 0.15) is 33.1 Å². The standard InChI is InChI=1S/C8H18O2/c1-3-7-10-8(2)5-4-6-9/h8-9H,3-7H2,1-2H3. The van der Waals surface area contributed by atoms with Gasteiger partial charge in [-0.3, -0.25) is 0 Å². The summed E-state index contributed by atoms with van der Waals surface area (Å²) in [7, 11) is 0. The van der Waals surface area contributed by atoms with E-state index in [0.29, 0.717) is 6.10 Å². The van der Waals surface area contributed by atoms with E-state index >= 15 is 0 Å². The Morgan fingerprint density at radius 3 is 2.70 bits per heavy atom. The molecule has 0 aromatic heterocycles. The van der Waals surface area contributed by atoms with E-state index in [9.17, 15) is 0 Å². The molecular formula is C8H18O2. The van der Waals surface area contributed by atoms with Gasteiger partial charge in [0.2, 0.25) is 0 Å². The highest BCUT2D eigenvalue weighted by molar-refractivity contribution is 4.48. The number of hydrogen-bond donors (Lipinski definition) is 1. The smallest absolute Gasteiger partial charge is 0.0547 e. The zero-order chi connectivity index (χ0) is 7.82. The molecule has 2 heteroatoms. The van der Waals surface area contributed by atoms with E-state index in [2.05, 4.69) is 6.92 Å². The second-order valence-corrected chi connectivity index (χ2v) is 2.55. The first-order chi connectivity index (χ1) is 4.81. The van der Waals surface area contributed by atoms with Gasteiger partial charge in [-0.05, 0) is 26.2 Å². The van der Waals surface area contributed by atoms with Crippen LogP contribution in [-0.4, -0.2) is 24.4 Å². The van der Waals surface area contributed by atoms with Gasteiger partial charge in [0, 0.05) is 13.2 Å². The summed E-state index contributed by atoms with van der Waals surface area (Å²) >= 11 is 0. The number of aliphatic hydroxyl groups excluding tert-OH is 1. The van der Waals surface area contributed by atoms with Crippen LogP contribution in [0.25, 0.3) is 0 Å². The lowest BCUT2D eigenvalue weighted by molar-refractivity contribution is 0.0558. The zero-order valence-corrected chi connectivity index (χ0v) is 6.97. The molecule has 0 aromatic carbocycles. The summed E-state index contributed by atoms with van der Waals surface area (Å²) in [5.74, 6) is 0. The van der Waals surface area contributed by atoms with Crippen molar-refractivity contribution >= 4 is 0 Å². The van der Waals surface area contributed by atoms with Crippen molar-refractivity contribution in [2.45, 2.75) is 39.2 Å². The van der Waals surface area contributed by atoms with Crippen molar-refractivity contribution in [3.05, 3.63) is 0 Å². The van der Waals surface area contributed by atoms with Gasteiger partial charge in [-0.15, -0.1) is 0 Å². The molecule has 0 aliphatic rings. The Hall–Kier alpha value is -0.0800. The van der Waals surface area contributed by atoms with Gasteiger partial charge < -0.3 is 9.84 Å². The molecule has 0 radical (unpaired) electrons. The predicted molar refractivity (Wildman–Crippen MR) is 42.0 cm³/mol. The molecule has 10 heavy (non-hydrogen) atoms. The Morgan fingerprint density at radius 1 is 1.50 bits per heavy atom. The van der Waals surface area contributed by atoms with Crippen LogP contribution in [-0.2, 0) is 4.74 Å². The van der Waals surface area contributed by atoms with E-state index in [1.54, 1.807) is 0 Å². The van der Waals surface area contributed by atoms with Crippen molar-refractivity contribution in [1.29, 1.82) is 0 Å². The number of hydrogen-bond acceptors (Lipinski definition) is 2. The van der Waals surface area contributed by atoms with Gasteiger partial charge in [0.05, 0.1) is 6.10 Å². The molecule has 0 saturated carbocycles. The van der Waals surface area contributed by atoms with Gasteiger partial charge in [0.15, 0.2) is 0 Å². The highest BCUT2D eigenvalue weighted by atomic mass is 16.5. The Balaban J connectivity index is 3.00. The molecule has 0 aromatic rings. The molecule has 1 N–H and O–H groups in total. The third-order valence-corrected chi connectivity index (χ3v) is 1.38. The second-order valence-electron chi connectivity index (χ2n) is 2.55. The molecule has 2 nitrogen and oxygen atoms in total. The molecule has 0 saturated heterocycles. The van der Waals surface area contributed by atoms with E-state index in [-0.39, 0.29) is 6.61 Å². The van der Waals surface area contributed by atoms with E-state index in [0.717, 1.165) is 25.9 Å². The van der Waals surface area contributed by atoms with E-state index in [4.69, 9.17) is 9.84 Å². The first-order valence-corrected chi connectivity index (χ1v) is 4.03. The fourth-order valence-corrected chi connectivity index (χ4v) is 0.781. The third kappa shape index (κ3) is 6.05. The zero-order valence-electron chi connectivity index (χ0n) is 6.97. The van der Waals surface area contributed by atoms with Gasteiger partial charge in [-0.1, -0.05) is 6.92 Å². The highest BCUT2D eigenvalue weighted by Crippen LogP contribution is 2.00. The van der Waals surface area contributed by atoms with Crippen LogP contribution in [0, 0.1) is 0 Å². The van der Waals surface area contributed by atoms with Crippen molar-refractivity contribution in [3.63, 3.8) is 0 Å². The average molecular weight is 146 g/mol. The Kier molecular flexibility index (Phi) is 6.98. The van der Waals surface area contributed by atoms with Gasteiger partial charge >= 0.3 is 0 Å². The lowest BCUT2D eigenvalue weighted by atomic mass is 10.2. The van der Waals surface area contributed by atoms with Gasteiger partial charge in [0.25, 0.3) is 0 Å².